The van der Waals surface area contributed by atoms with Crippen LogP contribution in [0.4, 0.5) is 11.4 Å². The van der Waals surface area contributed by atoms with Gasteiger partial charge < -0.3 is 10.6 Å². The Morgan fingerprint density at radius 1 is 1.32 bits per heavy atom. The summed E-state index contributed by atoms with van der Waals surface area (Å²) >= 11 is 0. The molecule has 0 spiro atoms. The molecule has 98 valence electrons. The van der Waals surface area contributed by atoms with Crippen LogP contribution in [0.15, 0.2) is 42.7 Å². The van der Waals surface area contributed by atoms with Crippen molar-refractivity contribution in [3.8, 4) is 0 Å². The van der Waals surface area contributed by atoms with Crippen molar-refractivity contribution in [3.63, 3.8) is 0 Å². The molecular weight excluding hydrogens is 238 g/mol. The molecule has 0 aliphatic rings. The van der Waals surface area contributed by atoms with E-state index in [0.29, 0.717) is 17.8 Å². The molecule has 0 bridgehead atoms. The number of hydrogen-bond acceptors (Lipinski definition) is 3. The van der Waals surface area contributed by atoms with Crippen LogP contribution in [-0.2, 0) is 0 Å². The van der Waals surface area contributed by atoms with Crippen molar-refractivity contribution in [3.05, 3.63) is 53.9 Å². The summed E-state index contributed by atoms with van der Waals surface area (Å²) in [7, 11) is 0. The molecule has 0 saturated carbocycles. The summed E-state index contributed by atoms with van der Waals surface area (Å²) in [6.07, 6.45) is 3.09. The van der Waals surface area contributed by atoms with Crippen molar-refractivity contribution in [2.75, 3.05) is 17.2 Å². The minimum Gasteiger partial charge on any atom is -0.398 e. The second-order valence-electron chi connectivity index (χ2n) is 4.30. The second-order valence-corrected chi connectivity index (χ2v) is 4.30. The van der Waals surface area contributed by atoms with Gasteiger partial charge in [-0.3, -0.25) is 9.78 Å². The van der Waals surface area contributed by atoms with Gasteiger partial charge in [-0.05, 0) is 31.5 Å². The van der Waals surface area contributed by atoms with Crippen LogP contribution < -0.4 is 10.6 Å². The first-order chi connectivity index (χ1) is 9.15. The molecule has 19 heavy (non-hydrogen) atoms. The maximum Gasteiger partial charge on any atom is 0.261 e. The quantitative estimate of drug-likeness (QED) is 0.917. The zero-order chi connectivity index (χ0) is 13.8. The van der Waals surface area contributed by atoms with Crippen molar-refractivity contribution in [1.29, 1.82) is 0 Å². The van der Waals surface area contributed by atoms with Gasteiger partial charge in [0.1, 0.15) is 0 Å². The number of benzene rings is 1. The number of nitrogens with zero attached hydrogens (tertiary/aromatic N) is 2. The van der Waals surface area contributed by atoms with E-state index in [1.54, 1.807) is 17.2 Å². The van der Waals surface area contributed by atoms with E-state index in [-0.39, 0.29) is 5.91 Å². The zero-order valence-corrected chi connectivity index (χ0v) is 11.1. The number of para-hydroxylation sites is 1. The molecule has 0 aliphatic carbocycles. The van der Waals surface area contributed by atoms with E-state index in [9.17, 15) is 4.79 Å². The number of hydrogen-bond donors (Lipinski definition) is 1. The molecule has 0 radical (unpaired) electrons. The molecule has 1 amide bonds. The number of carbonyl (C=O) groups is 1. The Bertz CT molecular complexity index is 595. The van der Waals surface area contributed by atoms with Crippen LogP contribution in [0.5, 0.6) is 0 Å². The van der Waals surface area contributed by atoms with Crippen molar-refractivity contribution < 1.29 is 4.79 Å². The van der Waals surface area contributed by atoms with Gasteiger partial charge in [0.05, 0.1) is 5.56 Å². The average molecular weight is 255 g/mol. The number of rotatable bonds is 3. The minimum absolute atomic E-state index is 0.123. The fraction of sp³-hybridized carbons (Fsp3) is 0.200. The molecule has 0 unspecified atom stereocenters. The van der Waals surface area contributed by atoms with E-state index in [1.807, 2.05) is 38.1 Å². The third-order valence-corrected chi connectivity index (χ3v) is 3.05. The number of aromatic nitrogens is 1. The van der Waals surface area contributed by atoms with Crippen LogP contribution in [0.3, 0.4) is 0 Å². The summed E-state index contributed by atoms with van der Waals surface area (Å²) in [5.74, 6) is -0.123. The molecule has 2 aromatic rings. The predicted octanol–water partition coefficient (Wildman–Crippen LogP) is 2.64. The van der Waals surface area contributed by atoms with E-state index in [1.165, 1.54) is 6.20 Å². The molecule has 0 saturated heterocycles. The minimum atomic E-state index is -0.123. The summed E-state index contributed by atoms with van der Waals surface area (Å²) in [4.78, 5) is 18.2. The van der Waals surface area contributed by atoms with Crippen LogP contribution in [-0.4, -0.2) is 17.4 Å². The van der Waals surface area contributed by atoms with Gasteiger partial charge in [0, 0.05) is 30.3 Å². The summed E-state index contributed by atoms with van der Waals surface area (Å²) in [5.41, 5.74) is 8.69. The van der Waals surface area contributed by atoms with Gasteiger partial charge in [-0.1, -0.05) is 18.2 Å². The zero-order valence-electron chi connectivity index (χ0n) is 11.1. The molecule has 1 aromatic heterocycles. The number of pyridine rings is 1. The molecule has 0 fully saturated rings. The summed E-state index contributed by atoms with van der Waals surface area (Å²) in [5, 5.41) is 0. The van der Waals surface area contributed by atoms with Crippen LogP contribution in [0.25, 0.3) is 0 Å². The van der Waals surface area contributed by atoms with Gasteiger partial charge in [0.15, 0.2) is 0 Å². The lowest BCUT2D eigenvalue weighted by atomic mass is 10.1. The lowest BCUT2D eigenvalue weighted by molar-refractivity contribution is 0.0988. The molecule has 2 rings (SSSR count). The molecule has 1 heterocycles. The summed E-state index contributed by atoms with van der Waals surface area (Å²) in [6.45, 7) is 4.51. The van der Waals surface area contributed by atoms with E-state index < -0.39 is 0 Å². The first-order valence-corrected chi connectivity index (χ1v) is 6.22. The van der Waals surface area contributed by atoms with Crippen molar-refractivity contribution in [2.45, 2.75) is 13.8 Å². The number of nitrogens with two attached hydrogens (primary N) is 1. The van der Waals surface area contributed by atoms with Gasteiger partial charge in [-0.25, -0.2) is 0 Å². The Hall–Kier alpha value is -2.36. The number of amides is 1. The normalized spacial score (nSPS) is 10.2. The summed E-state index contributed by atoms with van der Waals surface area (Å²) < 4.78 is 0. The topological polar surface area (TPSA) is 59.2 Å². The summed E-state index contributed by atoms with van der Waals surface area (Å²) in [6, 6.07) is 9.43. The largest absolute Gasteiger partial charge is 0.398 e. The number of aryl methyl sites for hydroxylation is 1. The van der Waals surface area contributed by atoms with Crippen LogP contribution in [0.1, 0.15) is 22.8 Å². The maximum atomic E-state index is 12.6. The van der Waals surface area contributed by atoms with Gasteiger partial charge in [-0.15, -0.1) is 0 Å². The molecule has 4 nitrogen and oxygen atoms in total. The Morgan fingerprint density at radius 3 is 2.68 bits per heavy atom. The van der Waals surface area contributed by atoms with E-state index in [2.05, 4.69) is 4.98 Å². The first kappa shape index (κ1) is 13.1. The monoisotopic (exact) mass is 255 g/mol. The van der Waals surface area contributed by atoms with Gasteiger partial charge in [0.25, 0.3) is 5.91 Å². The van der Waals surface area contributed by atoms with E-state index in [4.69, 9.17) is 5.73 Å². The first-order valence-electron chi connectivity index (χ1n) is 6.22. The molecular formula is C15H17N3O. The highest BCUT2D eigenvalue weighted by Crippen LogP contribution is 2.22. The molecule has 4 heteroatoms. The highest BCUT2D eigenvalue weighted by atomic mass is 16.2. The third-order valence-electron chi connectivity index (χ3n) is 3.05. The Labute approximate surface area is 112 Å². The van der Waals surface area contributed by atoms with E-state index >= 15 is 0 Å². The Balaban J connectivity index is 2.41. The third kappa shape index (κ3) is 2.57. The van der Waals surface area contributed by atoms with Gasteiger partial charge >= 0.3 is 0 Å². The maximum absolute atomic E-state index is 12.6. The van der Waals surface area contributed by atoms with Crippen molar-refractivity contribution >= 4 is 17.3 Å². The van der Waals surface area contributed by atoms with E-state index in [0.717, 1.165) is 11.3 Å². The lowest BCUT2D eigenvalue weighted by Gasteiger charge is -2.23. The molecule has 0 aliphatic heterocycles. The standard InChI is InChI=1S/C15H17N3O/c1-3-18(14-7-5-4-6-11(14)2)15(19)12-10-17-9-8-13(12)16/h4-10H,3H2,1-2H3,(H2,16,17). The Kier molecular flexibility index (Phi) is 3.80. The van der Waals surface area contributed by atoms with Gasteiger partial charge in [0.2, 0.25) is 0 Å². The average Bonchev–Trinajstić information content (AvgIpc) is 2.42. The fourth-order valence-electron chi connectivity index (χ4n) is 2.02. The lowest BCUT2D eigenvalue weighted by Crippen LogP contribution is -2.31. The highest BCUT2D eigenvalue weighted by Gasteiger charge is 2.19. The van der Waals surface area contributed by atoms with Crippen molar-refractivity contribution in [1.82, 2.24) is 4.98 Å². The molecule has 1 aromatic carbocycles. The SMILES string of the molecule is CCN(C(=O)c1cnccc1N)c1ccccc1C. The fourth-order valence-corrected chi connectivity index (χ4v) is 2.02. The Morgan fingerprint density at radius 2 is 2.05 bits per heavy atom. The molecule has 2 N–H and O–H groups in total. The predicted molar refractivity (Wildman–Crippen MR) is 77.2 cm³/mol. The number of anilines is 2. The van der Waals surface area contributed by atoms with Crippen LogP contribution in [0, 0.1) is 6.92 Å². The van der Waals surface area contributed by atoms with Gasteiger partial charge in [-0.2, -0.15) is 0 Å². The number of carbonyl (C=O) groups excluding carboxylic acids is 1. The highest BCUT2D eigenvalue weighted by molar-refractivity contribution is 6.09. The number of nitrogen functional groups attached to an aromatic ring is 1. The van der Waals surface area contributed by atoms with Crippen LogP contribution in [0.2, 0.25) is 0 Å². The van der Waals surface area contributed by atoms with Crippen LogP contribution >= 0.6 is 0 Å². The second kappa shape index (κ2) is 5.52. The smallest absolute Gasteiger partial charge is 0.261 e. The van der Waals surface area contributed by atoms with Crippen molar-refractivity contribution in [2.24, 2.45) is 0 Å². The molecule has 0 atom stereocenters.